The molecule has 10 aromatic rings. The SMILES string of the molecule is c1ccc(-n2ccc3c2ccc2c4cc(N(c5ccc(-c6ccncc6)cc5)c5ccc(-c6ncccn6)cc5)ccc4n(-c4ccccc4)c23)cc1. The molecule has 0 amide bonds. The standard InChI is InChI=1S/C47H32N6/c1-3-8-36(9-4-1)51-31-26-42-44(51)23-21-41-43-32-40(20-22-45(43)53(46(41)42)37-10-5-2-6-11-37)52(38-16-12-33(13-17-38)34-24-29-48-30-25-34)39-18-14-35(15-19-39)47-49-27-7-28-50-47/h1-32H. The Morgan fingerprint density at radius 3 is 1.72 bits per heavy atom. The number of benzene rings is 6. The van der Waals surface area contributed by atoms with Gasteiger partial charge in [0.15, 0.2) is 5.82 Å². The van der Waals surface area contributed by atoms with E-state index in [2.05, 4.69) is 181 Å². The molecule has 0 saturated heterocycles. The Morgan fingerprint density at radius 1 is 0.415 bits per heavy atom. The molecule has 0 radical (unpaired) electrons. The minimum atomic E-state index is 0.704. The fourth-order valence-electron chi connectivity index (χ4n) is 7.51. The molecule has 250 valence electrons. The van der Waals surface area contributed by atoms with E-state index in [0.717, 1.165) is 50.6 Å². The van der Waals surface area contributed by atoms with Gasteiger partial charge in [-0.1, -0.05) is 54.6 Å². The van der Waals surface area contributed by atoms with E-state index in [0.29, 0.717) is 5.82 Å². The second kappa shape index (κ2) is 12.8. The molecule has 0 aliphatic heterocycles. The zero-order valence-corrected chi connectivity index (χ0v) is 28.7. The van der Waals surface area contributed by atoms with E-state index in [4.69, 9.17) is 0 Å². The average Bonchev–Trinajstić information content (AvgIpc) is 3.82. The number of para-hydroxylation sites is 2. The summed E-state index contributed by atoms with van der Waals surface area (Å²) < 4.78 is 4.68. The van der Waals surface area contributed by atoms with Gasteiger partial charge in [0.05, 0.1) is 16.6 Å². The lowest BCUT2D eigenvalue weighted by molar-refractivity contribution is 1.13. The Hall–Kier alpha value is -7.31. The quantitative estimate of drug-likeness (QED) is 0.168. The molecule has 0 aliphatic rings. The van der Waals surface area contributed by atoms with E-state index in [9.17, 15) is 0 Å². The fraction of sp³-hybridized carbons (Fsp3) is 0. The molecule has 0 N–H and O–H groups in total. The predicted octanol–water partition coefficient (Wildman–Crippen LogP) is 11.7. The first-order valence-corrected chi connectivity index (χ1v) is 17.7. The van der Waals surface area contributed by atoms with E-state index in [-0.39, 0.29) is 0 Å². The van der Waals surface area contributed by atoms with E-state index in [1.165, 1.54) is 27.2 Å². The van der Waals surface area contributed by atoms with Crippen LogP contribution >= 0.6 is 0 Å². The third-order valence-corrected chi connectivity index (χ3v) is 9.97. The molecule has 6 heteroatoms. The minimum Gasteiger partial charge on any atom is -0.316 e. The number of hydrogen-bond acceptors (Lipinski definition) is 4. The summed E-state index contributed by atoms with van der Waals surface area (Å²) >= 11 is 0. The van der Waals surface area contributed by atoms with Gasteiger partial charge in [-0.2, -0.15) is 0 Å². The molecular formula is C47H32N6. The van der Waals surface area contributed by atoms with E-state index < -0.39 is 0 Å². The molecule has 4 heterocycles. The highest BCUT2D eigenvalue weighted by Gasteiger charge is 2.20. The monoisotopic (exact) mass is 680 g/mol. The van der Waals surface area contributed by atoms with Crippen molar-refractivity contribution in [2.24, 2.45) is 0 Å². The van der Waals surface area contributed by atoms with Crippen LogP contribution in [0.4, 0.5) is 17.1 Å². The van der Waals surface area contributed by atoms with E-state index in [1.54, 1.807) is 12.4 Å². The van der Waals surface area contributed by atoms with Crippen molar-refractivity contribution in [3.8, 4) is 33.9 Å². The first-order chi connectivity index (χ1) is 26.3. The van der Waals surface area contributed by atoms with Gasteiger partial charge in [-0.3, -0.25) is 4.98 Å². The zero-order chi connectivity index (χ0) is 35.1. The van der Waals surface area contributed by atoms with Crippen molar-refractivity contribution < 1.29 is 0 Å². The predicted molar refractivity (Wildman–Crippen MR) is 217 cm³/mol. The lowest BCUT2D eigenvalue weighted by atomic mass is 10.1. The van der Waals surface area contributed by atoms with Crippen molar-refractivity contribution in [2.45, 2.75) is 0 Å². The summed E-state index contributed by atoms with van der Waals surface area (Å²) in [4.78, 5) is 15.5. The van der Waals surface area contributed by atoms with Crippen LogP contribution in [-0.2, 0) is 0 Å². The fourth-order valence-corrected chi connectivity index (χ4v) is 7.51. The van der Waals surface area contributed by atoms with Crippen LogP contribution in [0, 0.1) is 0 Å². The van der Waals surface area contributed by atoms with Crippen LogP contribution in [0.15, 0.2) is 195 Å². The van der Waals surface area contributed by atoms with Gasteiger partial charge in [-0.05, 0) is 120 Å². The maximum atomic E-state index is 4.48. The lowest BCUT2D eigenvalue weighted by Crippen LogP contribution is -2.10. The first-order valence-electron chi connectivity index (χ1n) is 17.7. The molecule has 53 heavy (non-hydrogen) atoms. The lowest BCUT2D eigenvalue weighted by Gasteiger charge is -2.26. The van der Waals surface area contributed by atoms with Crippen molar-refractivity contribution in [2.75, 3.05) is 4.90 Å². The Morgan fingerprint density at radius 2 is 1.02 bits per heavy atom. The minimum absolute atomic E-state index is 0.704. The number of rotatable bonds is 7. The highest BCUT2D eigenvalue weighted by atomic mass is 15.1. The van der Waals surface area contributed by atoms with Gasteiger partial charge in [0.2, 0.25) is 0 Å². The van der Waals surface area contributed by atoms with E-state index >= 15 is 0 Å². The Bertz CT molecular complexity index is 2760. The summed E-state index contributed by atoms with van der Waals surface area (Å²) in [7, 11) is 0. The summed E-state index contributed by atoms with van der Waals surface area (Å²) in [6, 6.07) is 58.0. The van der Waals surface area contributed by atoms with E-state index in [1.807, 2.05) is 30.6 Å². The van der Waals surface area contributed by atoms with Crippen LogP contribution in [0.1, 0.15) is 0 Å². The highest BCUT2D eigenvalue weighted by molar-refractivity contribution is 6.19. The van der Waals surface area contributed by atoms with Crippen molar-refractivity contribution in [1.82, 2.24) is 24.1 Å². The van der Waals surface area contributed by atoms with Crippen LogP contribution in [0.2, 0.25) is 0 Å². The van der Waals surface area contributed by atoms with Crippen molar-refractivity contribution in [3.63, 3.8) is 0 Å². The molecule has 6 aromatic carbocycles. The molecule has 6 nitrogen and oxygen atoms in total. The van der Waals surface area contributed by atoms with Crippen LogP contribution in [-0.4, -0.2) is 24.1 Å². The normalized spacial score (nSPS) is 11.4. The smallest absolute Gasteiger partial charge is 0.159 e. The first kappa shape index (κ1) is 30.5. The third kappa shape index (κ3) is 5.32. The van der Waals surface area contributed by atoms with Crippen LogP contribution in [0.3, 0.4) is 0 Å². The molecule has 0 saturated carbocycles. The second-order valence-electron chi connectivity index (χ2n) is 13.0. The highest BCUT2D eigenvalue weighted by Crippen LogP contribution is 2.42. The van der Waals surface area contributed by atoms with Crippen molar-refractivity contribution in [1.29, 1.82) is 0 Å². The maximum absolute atomic E-state index is 4.48. The maximum Gasteiger partial charge on any atom is 0.159 e. The number of hydrogen-bond donors (Lipinski definition) is 0. The third-order valence-electron chi connectivity index (χ3n) is 9.97. The van der Waals surface area contributed by atoms with Gasteiger partial charge in [-0.15, -0.1) is 0 Å². The molecular weight excluding hydrogens is 649 g/mol. The largest absolute Gasteiger partial charge is 0.316 e. The number of fused-ring (bicyclic) bond motifs is 5. The summed E-state index contributed by atoms with van der Waals surface area (Å²) in [5.74, 6) is 0.704. The molecule has 0 atom stereocenters. The average molecular weight is 681 g/mol. The molecule has 0 spiro atoms. The number of aromatic nitrogens is 5. The molecule has 0 aliphatic carbocycles. The van der Waals surface area contributed by atoms with Gasteiger partial charge in [-0.25, -0.2) is 9.97 Å². The zero-order valence-electron chi connectivity index (χ0n) is 28.7. The Labute approximate surface area is 306 Å². The summed E-state index contributed by atoms with van der Waals surface area (Å²) in [6.07, 6.45) is 9.40. The Balaban J connectivity index is 1.17. The van der Waals surface area contributed by atoms with Crippen molar-refractivity contribution in [3.05, 3.63) is 195 Å². The van der Waals surface area contributed by atoms with Gasteiger partial charge < -0.3 is 14.0 Å². The number of anilines is 3. The molecule has 4 aromatic heterocycles. The summed E-state index contributed by atoms with van der Waals surface area (Å²) in [5.41, 5.74) is 12.2. The van der Waals surface area contributed by atoms with Crippen LogP contribution in [0.25, 0.3) is 66.6 Å². The topological polar surface area (TPSA) is 51.8 Å². The summed E-state index contributed by atoms with van der Waals surface area (Å²) in [6.45, 7) is 0. The number of pyridine rings is 1. The van der Waals surface area contributed by atoms with Gasteiger partial charge in [0.1, 0.15) is 0 Å². The van der Waals surface area contributed by atoms with Gasteiger partial charge in [0, 0.05) is 81.1 Å². The van der Waals surface area contributed by atoms with Gasteiger partial charge >= 0.3 is 0 Å². The van der Waals surface area contributed by atoms with Gasteiger partial charge in [0.25, 0.3) is 0 Å². The Kier molecular flexibility index (Phi) is 7.36. The number of nitrogens with zero attached hydrogens (tertiary/aromatic N) is 6. The van der Waals surface area contributed by atoms with Crippen molar-refractivity contribution >= 4 is 49.8 Å². The summed E-state index contributed by atoms with van der Waals surface area (Å²) in [5, 5.41) is 3.59. The molecule has 0 fully saturated rings. The molecule has 0 bridgehead atoms. The second-order valence-corrected chi connectivity index (χ2v) is 13.0. The molecule has 0 unspecified atom stereocenters. The van der Waals surface area contributed by atoms with Crippen LogP contribution < -0.4 is 4.90 Å². The van der Waals surface area contributed by atoms with Crippen LogP contribution in [0.5, 0.6) is 0 Å². The molecule has 10 rings (SSSR count).